The summed E-state index contributed by atoms with van der Waals surface area (Å²) in [5.74, 6) is 6.54. The Morgan fingerprint density at radius 1 is 1.29 bits per heavy atom. The van der Waals surface area contributed by atoms with E-state index in [0.29, 0.717) is 24.1 Å². The van der Waals surface area contributed by atoms with Crippen LogP contribution in [0, 0.1) is 11.8 Å². The zero-order valence-corrected chi connectivity index (χ0v) is 13.9. The topological polar surface area (TPSA) is 64.1 Å². The molecule has 0 saturated heterocycles. The summed E-state index contributed by atoms with van der Waals surface area (Å²) in [7, 11) is 1.36. The first kappa shape index (κ1) is 16.0. The zero-order valence-electron chi connectivity index (χ0n) is 13.1. The molecule has 0 unspecified atom stereocenters. The van der Waals surface area contributed by atoms with Crippen molar-refractivity contribution in [2.45, 2.75) is 6.42 Å². The number of esters is 1. The van der Waals surface area contributed by atoms with Gasteiger partial charge in [-0.05, 0) is 23.6 Å². The number of carbonyl (C=O) groups is 1. The Hall–Kier alpha value is -2.91. The number of aromatic nitrogens is 2. The number of anilines is 1. The average molecular weight is 337 g/mol. The van der Waals surface area contributed by atoms with Crippen molar-refractivity contribution < 1.29 is 9.53 Å². The van der Waals surface area contributed by atoms with Crippen LogP contribution in [0.15, 0.2) is 42.0 Å². The van der Waals surface area contributed by atoms with Crippen molar-refractivity contribution in [3.8, 4) is 11.8 Å². The minimum absolute atomic E-state index is 0.376. The lowest BCUT2D eigenvalue weighted by molar-refractivity contribution is 0.0600. The van der Waals surface area contributed by atoms with Crippen molar-refractivity contribution >= 4 is 33.3 Å². The highest BCUT2D eigenvalue weighted by molar-refractivity contribution is 7.16. The number of carbonyl (C=O) groups excluding carboxylic acids is 1. The molecule has 0 bridgehead atoms. The molecule has 0 spiro atoms. The van der Waals surface area contributed by atoms with E-state index in [2.05, 4.69) is 27.1 Å². The summed E-state index contributed by atoms with van der Waals surface area (Å²) in [6.45, 7) is 0.662. The molecule has 2 heterocycles. The van der Waals surface area contributed by atoms with Gasteiger partial charge in [0.05, 0.1) is 18.1 Å². The van der Waals surface area contributed by atoms with Crippen LogP contribution in [-0.4, -0.2) is 29.6 Å². The maximum atomic E-state index is 11.7. The Kier molecular flexibility index (Phi) is 5.04. The molecule has 2 aromatic heterocycles. The lowest BCUT2D eigenvalue weighted by Crippen LogP contribution is -2.04. The average Bonchev–Trinajstić information content (AvgIpc) is 3.10. The standard InChI is InChI=1S/C18H15N3O2S/c1-23-18(22)14-8-3-2-6-13(14)7-4-5-10-19-16-15-9-11-24-17(15)21-12-20-16/h2-3,6,8-9,11-12H,5,10H2,1H3,(H,19,20,21). The van der Waals surface area contributed by atoms with E-state index in [1.165, 1.54) is 7.11 Å². The molecule has 24 heavy (non-hydrogen) atoms. The lowest BCUT2D eigenvalue weighted by atomic mass is 10.1. The number of hydrogen-bond acceptors (Lipinski definition) is 6. The number of nitrogens with zero attached hydrogens (tertiary/aromatic N) is 2. The van der Waals surface area contributed by atoms with Crippen LogP contribution in [0.4, 0.5) is 5.82 Å². The van der Waals surface area contributed by atoms with Crippen LogP contribution < -0.4 is 5.32 Å². The lowest BCUT2D eigenvalue weighted by Gasteiger charge is -2.03. The van der Waals surface area contributed by atoms with Gasteiger partial charge in [0, 0.05) is 18.5 Å². The van der Waals surface area contributed by atoms with E-state index in [4.69, 9.17) is 4.74 Å². The third kappa shape index (κ3) is 3.53. The highest BCUT2D eigenvalue weighted by atomic mass is 32.1. The molecular formula is C18H15N3O2S. The molecule has 0 aliphatic rings. The van der Waals surface area contributed by atoms with Gasteiger partial charge in [-0.1, -0.05) is 24.0 Å². The van der Waals surface area contributed by atoms with Crippen LogP contribution in [0.1, 0.15) is 22.3 Å². The summed E-state index contributed by atoms with van der Waals surface area (Å²) in [6.07, 6.45) is 2.19. The number of ether oxygens (including phenoxy) is 1. The summed E-state index contributed by atoms with van der Waals surface area (Å²) in [5, 5.41) is 6.28. The second-order valence-electron chi connectivity index (χ2n) is 4.88. The number of benzene rings is 1. The highest BCUT2D eigenvalue weighted by Gasteiger charge is 2.08. The first-order valence-corrected chi connectivity index (χ1v) is 8.26. The summed E-state index contributed by atoms with van der Waals surface area (Å²) in [6, 6.07) is 9.16. The van der Waals surface area contributed by atoms with Gasteiger partial charge in [-0.2, -0.15) is 0 Å². The van der Waals surface area contributed by atoms with Crippen LogP contribution in [0.5, 0.6) is 0 Å². The summed E-state index contributed by atoms with van der Waals surface area (Å²) in [4.78, 5) is 21.1. The van der Waals surface area contributed by atoms with Crippen molar-refractivity contribution in [1.29, 1.82) is 0 Å². The quantitative estimate of drug-likeness (QED) is 0.449. The van der Waals surface area contributed by atoms with Crippen LogP contribution >= 0.6 is 11.3 Å². The third-order valence-electron chi connectivity index (χ3n) is 3.36. The molecule has 0 aliphatic carbocycles. The van der Waals surface area contributed by atoms with Gasteiger partial charge in [-0.15, -0.1) is 11.3 Å². The van der Waals surface area contributed by atoms with Crippen LogP contribution in [0.3, 0.4) is 0 Å². The number of nitrogens with one attached hydrogen (secondary N) is 1. The van der Waals surface area contributed by atoms with Gasteiger partial charge in [-0.25, -0.2) is 14.8 Å². The number of thiophene rings is 1. The summed E-state index contributed by atoms with van der Waals surface area (Å²) in [5.41, 5.74) is 1.16. The van der Waals surface area contributed by atoms with Crippen LogP contribution in [0.25, 0.3) is 10.2 Å². The number of methoxy groups -OCH3 is 1. The molecule has 3 rings (SSSR count). The number of fused-ring (bicyclic) bond motifs is 1. The molecule has 0 atom stereocenters. The van der Waals surface area contributed by atoms with Gasteiger partial charge >= 0.3 is 5.97 Å². The van der Waals surface area contributed by atoms with E-state index < -0.39 is 0 Å². The molecule has 0 amide bonds. The van der Waals surface area contributed by atoms with E-state index in [0.717, 1.165) is 16.0 Å². The molecule has 6 heteroatoms. The van der Waals surface area contributed by atoms with E-state index in [1.54, 1.807) is 29.8 Å². The maximum absolute atomic E-state index is 11.7. The van der Waals surface area contributed by atoms with Crippen molar-refractivity contribution in [2.75, 3.05) is 19.0 Å². The Labute approximate surface area is 143 Å². The van der Waals surface area contributed by atoms with E-state index in [9.17, 15) is 4.79 Å². The highest BCUT2D eigenvalue weighted by Crippen LogP contribution is 2.23. The first-order chi connectivity index (χ1) is 11.8. The SMILES string of the molecule is COC(=O)c1ccccc1C#CCCNc1ncnc2sccc12. The number of hydrogen-bond donors (Lipinski definition) is 1. The van der Waals surface area contributed by atoms with Gasteiger partial charge in [0.1, 0.15) is 17.0 Å². The Bertz CT molecular complexity index is 924. The monoisotopic (exact) mass is 337 g/mol. The molecule has 1 aromatic carbocycles. The second kappa shape index (κ2) is 7.57. The van der Waals surface area contributed by atoms with Crippen molar-refractivity contribution in [3.05, 3.63) is 53.2 Å². The molecule has 0 radical (unpaired) electrons. The number of rotatable bonds is 4. The molecule has 1 N–H and O–H groups in total. The van der Waals surface area contributed by atoms with Crippen molar-refractivity contribution in [1.82, 2.24) is 9.97 Å². The van der Waals surface area contributed by atoms with Gasteiger partial charge in [0.2, 0.25) is 0 Å². The minimum atomic E-state index is -0.376. The van der Waals surface area contributed by atoms with Gasteiger partial charge < -0.3 is 10.1 Å². The van der Waals surface area contributed by atoms with E-state index in [-0.39, 0.29) is 5.97 Å². The van der Waals surface area contributed by atoms with Crippen molar-refractivity contribution in [3.63, 3.8) is 0 Å². The summed E-state index contributed by atoms with van der Waals surface area (Å²) < 4.78 is 4.76. The fourth-order valence-electron chi connectivity index (χ4n) is 2.21. The first-order valence-electron chi connectivity index (χ1n) is 7.38. The van der Waals surface area contributed by atoms with Gasteiger partial charge in [0.25, 0.3) is 0 Å². The molecule has 120 valence electrons. The smallest absolute Gasteiger partial charge is 0.339 e. The third-order valence-corrected chi connectivity index (χ3v) is 4.18. The largest absolute Gasteiger partial charge is 0.465 e. The Morgan fingerprint density at radius 3 is 3.04 bits per heavy atom. The van der Waals surface area contributed by atoms with E-state index in [1.807, 2.05) is 23.6 Å². The predicted molar refractivity (Wildman–Crippen MR) is 95.2 cm³/mol. The maximum Gasteiger partial charge on any atom is 0.339 e. The Balaban J connectivity index is 1.63. The van der Waals surface area contributed by atoms with Crippen LogP contribution in [-0.2, 0) is 4.74 Å². The fraction of sp³-hybridized carbons (Fsp3) is 0.167. The fourth-order valence-corrected chi connectivity index (χ4v) is 2.94. The molecular weight excluding hydrogens is 322 g/mol. The molecule has 0 fully saturated rings. The summed E-state index contributed by atoms with van der Waals surface area (Å²) >= 11 is 1.59. The van der Waals surface area contributed by atoms with E-state index >= 15 is 0 Å². The molecule has 5 nitrogen and oxygen atoms in total. The zero-order chi connectivity index (χ0) is 16.8. The normalized spacial score (nSPS) is 10.0. The Morgan fingerprint density at radius 2 is 2.17 bits per heavy atom. The predicted octanol–water partition coefficient (Wildman–Crippen LogP) is 3.33. The minimum Gasteiger partial charge on any atom is -0.465 e. The van der Waals surface area contributed by atoms with Gasteiger partial charge in [-0.3, -0.25) is 0 Å². The molecule has 0 saturated carbocycles. The molecule has 3 aromatic rings. The molecule has 0 aliphatic heterocycles. The van der Waals surface area contributed by atoms with Crippen molar-refractivity contribution in [2.24, 2.45) is 0 Å². The van der Waals surface area contributed by atoms with Gasteiger partial charge in [0.15, 0.2) is 0 Å². The van der Waals surface area contributed by atoms with Crippen LogP contribution in [0.2, 0.25) is 0 Å². The second-order valence-corrected chi connectivity index (χ2v) is 5.77.